The molecule has 6 nitrogen and oxygen atoms in total. The van der Waals surface area contributed by atoms with E-state index in [1.165, 1.54) is 0 Å². The quantitative estimate of drug-likeness (QED) is 0.797. The predicted molar refractivity (Wildman–Crippen MR) is 74.3 cm³/mol. The first kappa shape index (κ1) is 15.7. The molecule has 0 radical (unpaired) electrons. The molecule has 0 bridgehead atoms. The predicted octanol–water partition coefficient (Wildman–Crippen LogP) is 1.24. The minimum Gasteiger partial charge on any atom is -0.377 e. The number of hydrogen-bond acceptors (Lipinski definition) is 5. The van der Waals surface area contributed by atoms with Gasteiger partial charge in [0.25, 0.3) is 0 Å². The van der Waals surface area contributed by atoms with Crippen molar-refractivity contribution in [2.75, 3.05) is 25.6 Å². The van der Waals surface area contributed by atoms with Gasteiger partial charge in [0.15, 0.2) is 5.82 Å². The molecule has 0 fully saturated rings. The van der Waals surface area contributed by atoms with Gasteiger partial charge in [0.1, 0.15) is 17.6 Å². The molecular formula is C12H19ClN4O2. The summed E-state index contributed by atoms with van der Waals surface area (Å²) in [5.74, 6) is 1.01. The molecule has 7 heteroatoms. The summed E-state index contributed by atoms with van der Waals surface area (Å²) < 4.78 is 4.97. The molecule has 0 spiro atoms. The van der Waals surface area contributed by atoms with Crippen LogP contribution in [0.3, 0.4) is 0 Å². The van der Waals surface area contributed by atoms with Gasteiger partial charge in [-0.05, 0) is 13.8 Å². The van der Waals surface area contributed by atoms with Gasteiger partial charge < -0.3 is 15.0 Å². The Morgan fingerprint density at radius 2 is 2.21 bits per heavy atom. The minimum atomic E-state index is -0.0690. The number of carbonyl (C=O) groups is 1. The fourth-order valence-electron chi connectivity index (χ4n) is 1.50. The highest BCUT2D eigenvalue weighted by atomic mass is 35.5. The molecule has 1 N–H and O–H groups in total. The van der Waals surface area contributed by atoms with Crippen molar-refractivity contribution in [1.82, 2.24) is 15.3 Å². The standard InChI is InChI=1S/C12H19ClN4O2/c1-8(2)14-12(18)6-17(3)11-5-9(13)15-10(16-11)7-19-4/h5,8H,6-7H2,1-4H3,(H,14,18). The van der Waals surface area contributed by atoms with Crippen molar-refractivity contribution in [2.45, 2.75) is 26.5 Å². The fourth-order valence-corrected chi connectivity index (χ4v) is 1.70. The zero-order valence-electron chi connectivity index (χ0n) is 11.6. The summed E-state index contributed by atoms with van der Waals surface area (Å²) in [5.41, 5.74) is 0. The summed E-state index contributed by atoms with van der Waals surface area (Å²) in [6, 6.07) is 1.72. The number of halogens is 1. The van der Waals surface area contributed by atoms with Crippen molar-refractivity contribution < 1.29 is 9.53 Å². The first-order chi connectivity index (χ1) is 8.92. The number of nitrogens with one attached hydrogen (secondary N) is 1. The molecule has 19 heavy (non-hydrogen) atoms. The van der Waals surface area contributed by atoms with Crippen LogP contribution in [0.1, 0.15) is 19.7 Å². The van der Waals surface area contributed by atoms with Crippen molar-refractivity contribution in [3.8, 4) is 0 Å². The lowest BCUT2D eigenvalue weighted by molar-refractivity contribution is -0.120. The summed E-state index contributed by atoms with van der Waals surface area (Å²) in [6.07, 6.45) is 0. The molecule has 0 saturated heterocycles. The number of ether oxygens (including phenoxy) is 1. The highest BCUT2D eigenvalue weighted by Gasteiger charge is 2.11. The number of hydrogen-bond donors (Lipinski definition) is 1. The lowest BCUT2D eigenvalue weighted by Crippen LogP contribution is -2.38. The molecule has 0 atom stereocenters. The Bertz CT molecular complexity index is 440. The number of rotatable bonds is 6. The van der Waals surface area contributed by atoms with E-state index in [4.69, 9.17) is 16.3 Å². The number of carbonyl (C=O) groups excluding carboxylic acids is 1. The molecule has 1 rings (SSSR count). The third-order valence-electron chi connectivity index (χ3n) is 2.22. The van der Waals surface area contributed by atoms with E-state index in [0.717, 1.165) is 0 Å². The van der Waals surface area contributed by atoms with E-state index < -0.39 is 0 Å². The fraction of sp³-hybridized carbons (Fsp3) is 0.583. The average molecular weight is 287 g/mol. The van der Waals surface area contributed by atoms with Crippen LogP contribution in [-0.2, 0) is 16.1 Å². The van der Waals surface area contributed by atoms with Crippen LogP contribution in [-0.4, -0.2) is 42.6 Å². The molecule has 0 aliphatic heterocycles. The monoisotopic (exact) mass is 286 g/mol. The zero-order valence-corrected chi connectivity index (χ0v) is 12.4. The van der Waals surface area contributed by atoms with E-state index in [-0.39, 0.29) is 25.1 Å². The molecule has 1 amide bonds. The molecule has 106 valence electrons. The van der Waals surface area contributed by atoms with Crippen LogP contribution in [0.5, 0.6) is 0 Å². The first-order valence-electron chi connectivity index (χ1n) is 5.95. The van der Waals surface area contributed by atoms with E-state index in [2.05, 4.69) is 15.3 Å². The smallest absolute Gasteiger partial charge is 0.239 e. The summed E-state index contributed by atoms with van der Waals surface area (Å²) in [5, 5.41) is 3.14. The zero-order chi connectivity index (χ0) is 14.4. The van der Waals surface area contributed by atoms with Gasteiger partial charge in [-0.25, -0.2) is 9.97 Å². The minimum absolute atomic E-state index is 0.0690. The third kappa shape index (κ3) is 5.40. The molecule has 0 unspecified atom stereocenters. The van der Waals surface area contributed by atoms with E-state index in [1.54, 1.807) is 25.1 Å². The molecular weight excluding hydrogens is 268 g/mol. The van der Waals surface area contributed by atoms with Gasteiger partial charge in [-0.1, -0.05) is 11.6 Å². The van der Waals surface area contributed by atoms with Gasteiger partial charge in [0.2, 0.25) is 5.91 Å². The maximum absolute atomic E-state index is 11.7. The molecule has 1 aromatic heterocycles. The van der Waals surface area contributed by atoms with Crippen LogP contribution in [0.2, 0.25) is 5.15 Å². The van der Waals surface area contributed by atoms with Crippen LogP contribution in [0, 0.1) is 0 Å². The third-order valence-corrected chi connectivity index (χ3v) is 2.42. The normalized spacial score (nSPS) is 10.6. The molecule has 1 heterocycles. The Morgan fingerprint density at radius 3 is 2.79 bits per heavy atom. The maximum Gasteiger partial charge on any atom is 0.239 e. The summed E-state index contributed by atoms with van der Waals surface area (Å²) in [7, 11) is 3.33. The Labute approximate surface area is 118 Å². The Morgan fingerprint density at radius 1 is 1.53 bits per heavy atom. The number of anilines is 1. The Balaban J connectivity index is 2.75. The second-order valence-corrected chi connectivity index (χ2v) is 4.86. The van der Waals surface area contributed by atoms with Crippen molar-refractivity contribution in [1.29, 1.82) is 0 Å². The second kappa shape index (κ2) is 7.25. The van der Waals surface area contributed by atoms with E-state index >= 15 is 0 Å². The largest absolute Gasteiger partial charge is 0.377 e. The van der Waals surface area contributed by atoms with Gasteiger partial charge >= 0.3 is 0 Å². The number of likely N-dealkylation sites (N-methyl/N-ethyl adjacent to an activating group) is 1. The number of aromatic nitrogens is 2. The van der Waals surface area contributed by atoms with Gasteiger partial charge in [-0.15, -0.1) is 0 Å². The number of nitrogens with zero attached hydrogens (tertiary/aromatic N) is 3. The lowest BCUT2D eigenvalue weighted by Gasteiger charge is -2.19. The maximum atomic E-state index is 11.7. The van der Waals surface area contributed by atoms with Crippen molar-refractivity contribution in [3.05, 3.63) is 17.0 Å². The highest BCUT2D eigenvalue weighted by Crippen LogP contribution is 2.15. The van der Waals surface area contributed by atoms with E-state index in [9.17, 15) is 4.79 Å². The first-order valence-corrected chi connectivity index (χ1v) is 6.33. The van der Waals surface area contributed by atoms with Crippen LogP contribution in [0.25, 0.3) is 0 Å². The topological polar surface area (TPSA) is 67.3 Å². The Kier molecular flexibility index (Phi) is 5.98. The number of amides is 1. The summed E-state index contributed by atoms with van der Waals surface area (Å²) in [6.45, 7) is 4.31. The lowest BCUT2D eigenvalue weighted by atomic mass is 10.4. The SMILES string of the molecule is COCc1nc(Cl)cc(N(C)CC(=O)NC(C)C)n1. The van der Waals surface area contributed by atoms with Crippen molar-refractivity contribution in [2.24, 2.45) is 0 Å². The van der Waals surface area contributed by atoms with E-state index in [1.807, 2.05) is 13.8 Å². The molecule has 0 aliphatic carbocycles. The summed E-state index contributed by atoms with van der Waals surface area (Å²) in [4.78, 5) is 21.7. The molecule has 0 aliphatic rings. The summed E-state index contributed by atoms with van der Waals surface area (Å²) >= 11 is 5.92. The highest BCUT2D eigenvalue weighted by molar-refractivity contribution is 6.29. The van der Waals surface area contributed by atoms with Gasteiger partial charge in [-0.2, -0.15) is 0 Å². The van der Waals surface area contributed by atoms with Crippen molar-refractivity contribution in [3.63, 3.8) is 0 Å². The van der Waals surface area contributed by atoms with Gasteiger partial charge in [-0.3, -0.25) is 4.79 Å². The van der Waals surface area contributed by atoms with Crippen LogP contribution >= 0.6 is 11.6 Å². The molecule has 0 saturated carbocycles. The van der Waals surface area contributed by atoms with Crippen molar-refractivity contribution >= 4 is 23.3 Å². The number of methoxy groups -OCH3 is 1. The van der Waals surface area contributed by atoms with Gasteiger partial charge in [0.05, 0.1) is 6.54 Å². The average Bonchev–Trinajstić information content (AvgIpc) is 2.27. The second-order valence-electron chi connectivity index (χ2n) is 4.48. The van der Waals surface area contributed by atoms with Crippen LogP contribution in [0.15, 0.2) is 6.07 Å². The molecule has 1 aromatic rings. The Hall–Kier alpha value is -1.40. The van der Waals surface area contributed by atoms with Gasteiger partial charge in [0, 0.05) is 26.3 Å². The molecule has 0 aromatic carbocycles. The van der Waals surface area contributed by atoms with Crippen LogP contribution < -0.4 is 10.2 Å². The van der Waals surface area contributed by atoms with Crippen LogP contribution in [0.4, 0.5) is 5.82 Å². The van der Waals surface area contributed by atoms with E-state index in [0.29, 0.717) is 16.8 Å².